The number of nitrogens with zero attached hydrogens (tertiary/aromatic N) is 5. The Morgan fingerprint density at radius 2 is 1.02 bits per heavy atom. The van der Waals surface area contributed by atoms with Gasteiger partial charge in [-0.3, -0.25) is 4.79 Å². The van der Waals surface area contributed by atoms with Gasteiger partial charge in [0.05, 0.1) is 27.8 Å². The zero-order chi connectivity index (χ0) is 28.8. The van der Waals surface area contributed by atoms with Gasteiger partial charge in [0.2, 0.25) is 0 Å². The van der Waals surface area contributed by atoms with E-state index in [-0.39, 0.29) is 5.56 Å². The molecule has 0 fully saturated rings. The molecular formula is C37H23N5O. The summed E-state index contributed by atoms with van der Waals surface area (Å²) in [5, 5.41) is 1.31. The molecule has 0 aliphatic heterocycles. The highest BCUT2D eigenvalue weighted by Crippen LogP contribution is 2.31. The van der Waals surface area contributed by atoms with Gasteiger partial charge in [-0.1, -0.05) is 109 Å². The van der Waals surface area contributed by atoms with Gasteiger partial charge in [-0.25, -0.2) is 24.3 Å². The largest absolute Gasteiger partial charge is 0.268 e. The highest BCUT2D eigenvalue weighted by atomic mass is 16.1. The molecule has 0 bridgehead atoms. The van der Waals surface area contributed by atoms with Gasteiger partial charge in [0.1, 0.15) is 5.82 Å². The van der Waals surface area contributed by atoms with Gasteiger partial charge in [-0.05, 0) is 30.3 Å². The standard InChI is InChI=1S/C37H23N5O/c43-37-28-18-10-11-19-30(28)41-36-29-22-27(20-21-31(29)40-35(42(36)37)26-16-8-3-9-17-26)33-23-32(24-12-4-1-5-13-24)38-34(39-33)25-14-6-2-7-15-25/h1-23H. The summed E-state index contributed by atoms with van der Waals surface area (Å²) < 4.78 is 1.63. The lowest BCUT2D eigenvalue weighted by Gasteiger charge is -2.13. The summed E-state index contributed by atoms with van der Waals surface area (Å²) in [7, 11) is 0. The van der Waals surface area contributed by atoms with Gasteiger partial charge >= 0.3 is 0 Å². The summed E-state index contributed by atoms with van der Waals surface area (Å²) in [6.45, 7) is 0. The normalized spacial score (nSPS) is 11.3. The van der Waals surface area contributed by atoms with Crippen LogP contribution in [-0.2, 0) is 0 Å². The van der Waals surface area contributed by atoms with Gasteiger partial charge in [0, 0.05) is 27.6 Å². The molecule has 0 atom stereocenters. The van der Waals surface area contributed by atoms with Gasteiger partial charge in [0.15, 0.2) is 11.5 Å². The van der Waals surface area contributed by atoms with Crippen molar-refractivity contribution < 1.29 is 0 Å². The third kappa shape index (κ3) is 4.33. The van der Waals surface area contributed by atoms with Crippen LogP contribution in [0.3, 0.4) is 0 Å². The minimum atomic E-state index is -0.154. The number of hydrogen-bond donors (Lipinski definition) is 0. The number of benzene rings is 5. The van der Waals surface area contributed by atoms with Crippen molar-refractivity contribution in [3.63, 3.8) is 0 Å². The number of rotatable bonds is 4. The highest BCUT2D eigenvalue weighted by Gasteiger charge is 2.17. The molecule has 8 aromatic rings. The third-order valence-electron chi connectivity index (χ3n) is 7.61. The predicted octanol–water partition coefficient (Wildman–Crippen LogP) is 7.85. The second kappa shape index (κ2) is 10.1. The van der Waals surface area contributed by atoms with Crippen LogP contribution in [-0.4, -0.2) is 24.3 Å². The molecule has 0 unspecified atom stereocenters. The van der Waals surface area contributed by atoms with Crippen LogP contribution in [0.4, 0.5) is 0 Å². The Labute approximate surface area is 246 Å². The van der Waals surface area contributed by atoms with Crippen molar-refractivity contribution in [1.82, 2.24) is 24.3 Å². The topological polar surface area (TPSA) is 73.0 Å². The molecule has 0 saturated carbocycles. The monoisotopic (exact) mass is 553 g/mol. The fraction of sp³-hybridized carbons (Fsp3) is 0. The van der Waals surface area contributed by atoms with Crippen LogP contribution >= 0.6 is 0 Å². The Bertz CT molecular complexity index is 2290. The zero-order valence-electron chi connectivity index (χ0n) is 22.9. The van der Waals surface area contributed by atoms with Crippen LogP contribution in [0.5, 0.6) is 0 Å². The summed E-state index contributed by atoms with van der Waals surface area (Å²) in [6, 6.07) is 45.3. The van der Waals surface area contributed by atoms with E-state index in [4.69, 9.17) is 19.9 Å². The van der Waals surface area contributed by atoms with E-state index in [1.165, 1.54) is 0 Å². The minimum Gasteiger partial charge on any atom is -0.268 e. The van der Waals surface area contributed by atoms with E-state index < -0.39 is 0 Å². The molecule has 6 nitrogen and oxygen atoms in total. The molecular weight excluding hydrogens is 530 g/mol. The fourth-order valence-corrected chi connectivity index (χ4v) is 5.50. The molecule has 0 aliphatic rings. The van der Waals surface area contributed by atoms with Gasteiger partial charge in [-0.15, -0.1) is 0 Å². The first kappa shape index (κ1) is 24.8. The fourth-order valence-electron chi connectivity index (χ4n) is 5.50. The molecule has 3 aromatic heterocycles. The van der Waals surface area contributed by atoms with E-state index in [9.17, 15) is 4.79 Å². The van der Waals surface area contributed by atoms with Crippen LogP contribution in [0.15, 0.2) is 144 Å². The Hall–Kier alpha value is -6.01. The van der Waals surface area contributed by atoms with Crippen molar-refractivity contribution in [2.75, 3.05) is 0 Å². The zero-order valence-corrected chi connectivity index (χ0v) is 22.9. The molecule has 5 aromatic carbocycles. The van der Waals surface area contributed by atoms with Crippen LogP contribution in [0.2, 0.25) is 0 Å². The van der Waals surface area contributed by atoms with E-state index in [1.807, 2.05) is 140 Å². The maximum absolute atomic E-state index is 13.9. The number of hydrogen-bond acceptors (Lipinski definition) is 5. The van der Waals surface area contributed by atoms with Gasteiger partial charge < -0.3 is 0 Å². The van der Waals surface area contributed by atoms with E-state index in [2.05, 4.69) is 0 Å². The summed E-state index contributed by atoms with van der Waals surface area (Å²) in [6.07, 6.45) is 0. The molecule has 0 saturated heterocycles. The lowest BCUT2D eigenvalue weighted by molar-refractivity contribution is 1.05. The van der Waals surface area contributed by atoms with Crippen molar-refractivity contribution in [2.45, 2.75) is 0 Å². The van der Waals surface area contributed by atoms with Crippen LogP contribution in [0, 0.1) is 0 Å². The van der Waals surface area contributed by atoms with E-state index >= 15 is 0 Å². The minimum absolute atomic E-state index is 0.154. The molecule has 0 aliphatic carbocycles. The van der Waals surface area contributed by atoms with E-state index in [0.717, 1.165) is 44.5 Å². The summed E-state index contributed by atoms with van der Waals surface area (Å²) in [5.74, 6) is 1.19. The summed E-state index contributed by atoms with van der Waals surface area (Å²) >= 11 is 0. The molecule has 6 heteroatoms. The number of aromatic nitrogens is 5. The van der Waals surface area contributed by atoms with Gasteiger partial charge in [-0.2, -0.15) is 0 Å². The Morgan fingerprint density at radius 1 is 0.442 bits per heavy atom. The van der Waals surface area contributed by atoms with Gasteiger partial charge in [0.25, 0.3) is 5.56 Å². The second-order valence-corrected chi connectivity index (χ2v) is 10.3. The van der Waals surface area contributed by atoms with Crippen molar-refractivity contribution >= 4 is 27.5 Å². The Kier molecular flexibility index (Phi) is 5.83. The SMILES string of the molecule is O=c1c2ccccc2nc2c3cc(-c4cc(-c5ccccc5)nc(-c5ccccc5)n4)ccc3nc(-c3ccccc3)n12. The molecule has 43 heavy (non-hydrogen) atoms. The Morgan fingerprint density at radius 3 is 1.74 bits per heavy atom. The molecule has 0 radical (unpaired) electrons. The molecule has 202 valence electrons. The molecule has 8 rings (SSSR count). The average Bonchev–Trinajstić information content (AvgIpc) is 3.09. The predicted molar refractivity (Wildman–Crippen MR) is 172 cm³/mol. The van der Waals surface area contributed by atoms with Crippen molar-refractivity contribution in [1.29, 1.82) is 0 Å². The lowest BCUT2D eigenvalue weighted by atomic mass is 10.0. The summed E-state index contributed by atoms with van der Waals surface area (Å²) in [5.41, 5.74) is 7.03. The molecule has 0 spiro atoms. The first-order chi connectivity index (χ1) is 21.2. The highest BCUT2D eigenvalue weighted by molar-refractivity contribution is 5.98. The summed E-state index contributed by atoms with van der Waals surface area (Å²) in [4.78, 5) is 33.9. The quantitative estimate of drug-likeness (QED) is 0.164. The number of fused-ring (bicyclic) bond motifs is 4. The van der Waals surface area contributed by atoms with Crippen molar-refractivity contribution in [3.05, 3.63) is 150 Å². The van der Waals surface area contributed by atoms with E-state index in [1.54, 1.807) is 4.40 Å². The van der Waals surface area contributed by atoms with Crippen LogP contribution < -0.4 is 5.56 Å². The average molecular weight is 554 g/mol. The Balaban J connectivity index is 1.42. The van der Waals surface area contributed by atoms with Crippen LogP contribution in [0.1, 0.15) is 0 Å². The lowest BCUT2D eigenvalue weighted by Crippen LogP contribution is -2.18. The smallest absolute Gasteiger partial charge is 0.267 e. The van der Waals surface area contributed by atoms with Crippen molar-refractivity contribution in [3.8, 4) is 45.3 Å². The molecule has 0 amide bonds. The second-order valence-electron chi connectivity index (χ2n) is 10.3. The molecule has 3 heterocycles. The molecule has 0 N–H and O–H groups in total. The maximum Gasteiger partial charge on any atom is 0.267 e. The van der Waals surface area contributed by atoms with Crippen LogP contribution in [0.25, 0.3) is 72.7 Å². The number of para-hydroxylation sites is 1. The van der Waals surface area contributed by atoms with Crippen molar-refractivity contribution in [2.24, 2.45) is 0 Å². The first-order valence-corrected chi connectivity index (χ1v) is 14.0. The first-order valence-electron chi connectivity index (χ1n) is 14.0. The van der Waals surface area contributed by atoms with E-state index in [0.29, 0.717) is 28.2 Å². The maximum atomic E-state index is 13.9. The third-order valence-corrected chi connectivity index (χ3v) is 7.61.